The largest absolute Gasteiger partial charge is 0.287 e. The molecule has 0 amide bonds. The number of aromatic nitrogens is 1. The van der Waals surface area contributed by atoms with E-state index < -0.39 is 0 Å². The molecule has 0 atom stereocenters. The van der Waals surface area contributed by atoms with Crippen molar-refractivity contribution in [2.45, 2.75) is 33.7 Å². The summed E-state index contributed by atoms with van der Waals surface area (Å²) in [6.07, 6.45) is 4.97. The second kappa shape index (κ2) is 5.79. The lowest BCUT2D eigenvalue weighted by Crippen LogP contribution is -2.37. The van der Waals surface area contributed by atoms with Crippen LogP contribution in [0.25, 0.3) is 0 Å². The molecule has 0 saturated heterocycles. The highest BCUT2D eigenvalue weighted by Crippen LogP contribution is 2.11. The number of hydrogen-bond acceptors (Lipinski definition) is 1. The molecule has 0 aliphatic carbocycles. The van der Waals surface area contributed by atoms with Gasteiger partial charge in [-0.3, -0.25) is 4.79 Å². The fraction of sp³-hybridized carbons (Fsp3) is 0.294. The average Bonchev–Trinajstić information content (AvgIpc) is 2.42. The highest BCUT2D eigenvalue weighted by Gasteiger charge is 2.14. The lowest BCUT2D eigenvalue weighted by molar-refractivity contribution is -0.683. The maximum Gasteiger partial charge on any atom is 0.227 e. The van der Waals surface area contributed by atoms with Crippen LogP contribution in [0.5, 0.6) is 0 Å². The smallest absolute Gasteiger partial charge is 0.227 e. The summed E-state index contributed by atoms with van der Waals surface area (Å²) < 4.78 is 1.93. The number of Topliss-reactive ketones (excluding diaryl/α,β-unsaturated/α-hetero) is 1. The van der Waals surface area contributed by atoms with E-state index in [0.717, 1.165) is 23.1 Å². The van der Waals surface area contributed by atoms with Crippen LogP contribution < -0.4 is 4.57 Å². The Balaban J connectivity index is 2.18. The number of carbonyl (C=O) groups excluding carboxylic acids is 1. The van der Waals surface area contributed by atoms with Gasteiger partial charge in [-0.15, -0.1) is 0 Å². The summed E-state index contributed by atoms with van der Waals surface area (Å²) in [6, 6.07) is 10.1. The van der Waals surface area contributed by atoms with Crippen molar-refractivity contribution in [1.82, 2.24) is 0 Å². The predicted octanol–water partition coefficient (Wildman–Crippen LogP) is 3.04. The van der Waals surface area contributed by atoms with Crippen molar-refractivity contribution >= 4 is 5.78 Å². The summed E-state index contributed by atoms with van der Waals surface area (Å²) in [4.78, 5) is 12.3. The molecule has 2 heteroatoms. The van der Waals surface area contributed by atoms with E-state index in [-0.39, 0.29) is 5.78 Å². The Hall–Kier alpha value is -1.96. The van der Waals surface area contributed by atoms with E-state index in [1.807, 2.05) is 49.0 Å². The number of aryl methyl sites for hydroxylation is 3. The topological polar surface area (TPSA) is 20.9 Å². The highest BCUT2D eigenvalue weighted by molar-refractivity contribution is 5.96. The molecule has 0 radical (unpaired) electrons. The summed E-state index contributed by atoms with van der Waals surface area (Å²) in [7, 11) is 0. The molecule has 19 heavy (non-hydrogen) atoms. The zero-order valence-electron chi connectivity index (χ0n) is 11.8. The summed E-state index contributed by atoms with van der Waals surface area (Å²) in [5, 5.41) is 0. The SMILES string of the molecule is CCc1cc[n+](CC(=O)c2cc(C)ccc2C)cc1. The van der Waals surface area contributed by atoms with Gasteiger partial charge in [0, 0.05) is 17.7 Å². The molecule has 2 aromatic rings. The van der Waals surface area contributed by atoms with Gasteiger partial charge in [0.1, 0.15) is 0 Å². The Morgan fingerprint density at radius 1 is 1.11 bits per heavy atom. The van der Waals surface area contributed by atoms with Crippen molar-refractivity contribution in [3.8, 4) is 0 Å². The first-order valence-electron chi connectivity index (χ1n) is 6.68. The Bertz CT molecular complexity index is 585. The van der Waals surface area contributed by atoms with Crippen LogP contribution in [0.3, 0.4) is 0 Å². The lowest BCUT2D eigenvalue weighted by Gasteiger charge is -2.04. The van der Waals surface area contributed by atoms with Gasteiger partial charge in [0.25, 0.3) is 0 Å². The number of hydrogen-bond donors (Lipinski definition) is 0. The van der Waals surface area contributed by atoms with Gasteiger partial charge in [0.05, 0.1) is 0 Å². The van der Waals surface area contributed by atoms with Crippen LogP contribution in [-0.2, 0) is 13.0 Å². The van der Waals surface area contributed by atoms with E-state index in [1.165, 1.54) is 5.56 Å². The molecule has 0 N–H and O–H groups in total. The predicted molar refractivity (Wildman–Crippen MR) is 76.3 cm³/mol. The molecule has 1 heterocycles. The lowest BCUT2D eigenvalue weighted by atomic mass is 10.0. The first kappa shape index (κ1) is 13.5. The van der Waals surface area contributed by atoms with Crippen molar-refractivity contribution in [2.24, 2.45) is 0 Å². The van der Waals surface area contributed by atoms with Gasteiger partial charge in [0.2, 0.25) is 12.3 Å². The van der Waals surface area contributed by atoms with Crippen LogP contribution >= 0.6 is 0 Å². The third kappa shape index (κ3) is 3.28. The molecule has 2 rings (SSSR count). The minimum atomic E-state index is 0.162. The zero-order chi connectivity index (χ0) is 13.8. The molecule has 0 aliphatic heterocycles. The minimum absolute atomic E-state index is 0.162. The minimum Gasteiger partial charge on any atom is -0.287 e. The van der Waals surface area contributed by atoms with E-state index in [9.17, 15) is 4.79 Å². The normalized spacial score (nSPS) is 10.5. The first-order chi connectivity index (χ1) is 9.10. The van der Waals surface area contributed by atoms with Gasteiger partial charge in [0.15, 0.2) is 12.4 Å². The van der Waals surface area contributed by atoms with E-state index in [2.05, 4.69) is 19.1 Å². The van der Waals surface area contributed by atoms with Crippen molar-refractivity contribution in [3.05, 3.63) is 65.0 Å². The van der Waals surface area contributed by atoms with Gasteiger partial charge in [-0.1, -0.05) is 24.6 Å². The summed E-state index contributed by atoms with van der Waals surface area (Å²) in [5.41, 5.74) is 4.28. The fourth-order valence-electron chi connectivity index (χ4n) is 2.12. The number of carbonyl (C=O) groups is 1. The van der Waals surface area contributed by atoms with Gasteiger partial charge in [-0.2, -0.15) is 4.57 Å². The molecular weight excluding hydrogens is 234 g/mol. The Morgan fingerprint density at radius 3 is 2.42 bits per heavy atom. The number of rotatable bonds is 4. The van der Waals surface area contributed by atoms with Gasteiger partial charge in [-0.05, 0) is 37.5 Å². The Morgan fingerprint density at radius 2 is 1.79 bits per heavy atom. The van der Waals surface area contributed by atoms with Crippen molar-refractivity contribution in [2.75, 3.05) is 0 Å². The number of pyridine rings is 1. The van der Waals surface area contributed by atoms with Gasteiger partial charge >= 0.3 is 0 Å². The number of benzene rings is 1. The highest BCUT2D eigenvalue weighted by atomic mass is 16.1. The number of nitrogens with zero attached hydrogens (tertiary/aromatic N) is 1. The zero-order valence-corrected chi connectivity index (χ0v) is 11.8. The van der Waals surface area contributed by atoms with E-state index in [0.29, 0.717) is 6.54 Å². The average molecular weight is 254 g/mol. The van der Waals surface area contributed by atoms with Crippen LogP contribution in [-0.4, -0.2) is 5.78 Å². The molecule has 1 aromatic carbocycles. The first-order valence-corrected chi connectivity index (χ1v) is 6.68. The quantitative estimate of drug-likeness (QED) is 0.607. The molecule has 0 aliphatic rings. The van der Waals surface area contributed by atoms with Crippen molar-refractivity contribution in [3.63, 3.8) is 0 Å². The second-order valence-electron chi connectivity index (χ2n) is 4.97. The molecule has 0 bridgehead atoms. The monoisotopic (exact) mass is 254 g/mol. The molecule has 0 saturated carbocycles. The fourth-order valence-corrected chi connectivity index (χ4v) is 2.12. The third-order valence-corrected chi connectivity index (χ3v) is 3.39. The molecule has 0 spiro atoms. The molecule has 98 valence electrons. The standard InChI is InChI=1S/C17H20NO/c1-4-15-7-9-18(10-8-15)12-17(19)16-11-13(2)5-6-14(16)3/h5-11H,4,12H2,1-3H3/q+1. The van der Waals surface area contributed by atoms with Crippen LogP contribution in [0, 0.1) is 13.8 Å². The molecule has 1 aromatic heterocycles. The molecular formula is C17H20NO+. The third-order valence-electron chi connectivity index (χ3n) is 3.39. The summed E-state index contributed by atoms with van der Waals surface area (Å²) >= 11 is 0. The van der Waals surface area contributed by atoms with Crippen LogP contribution in [0.15, 0.2) is 42.7 Å². The Kier molecular flexibility index (Phi) is 4.10. The summed E-state index contributed by atoms with van der Waals surface area (Å²) in [6.45, 7) is 6.52. The summed E-state index contributed by atoms with van der Waals surface area (Å²) in [5.74, 6) is 0.162. The maximum atomic E-state index is 12.3. The molecule has 0 fully saturated rings. The van der Waals surface area contributed by atoms with E-state index >= 15 is 0 Å². The maximum absolute atomic E-state index is 12.3. The Labute approximate surface area is 114 Å². The van der Waals surface area contributed by atoms with Crippen LogP contribution in [0.1, 0.15) is 34.0 Å². The van der Waals surface area contributed by atoms with E-state index in [4.69, 9.17) is 0 Å². The molecule has 2 nitrogen and oxygen atoms in total. The van der Waals surface area contributed by atoms with Crippen LogP contribution in [0.4, 0.5) is 0 Å². The second-order valence-corrected chi connectivity index (χ2v) is 4.97. The van der Waals surface area contributed by atoms with Gasteiger partial charge < -0.3 is 0 Å². The van der Waals surface area contributed by atoms with Gasteiger partial charge in [-0.25, -0.2) is 0 Å². The van der Waals surface area contributed by atoms with Crippen molar-refractivity contribution < 1.29 is 9.36 Å². The van der Waals surface area contributed by atoms with Crippen LogP contribution in [0.2, 0.25) is 0 Å². The van der Waals surface area contributed by atoms with E-state index in [1.54, 1.807) is 0 Å². The van der Waals surface area contributed by atoms with Crippen molar-refractivity contribution in [1.29, 1.82) is 0 Å². The molecule has 0 unspecified atom stereocenters. The number of ketones is 1.